The van der Waals surface area contributed by atoms with Crippen molar-refractivity contribution in [3.8, 4) is 0 Å². The molecule has 1 aliphatic rings. The first kappa shape index (κ1) is 11.5. The number of hydrogen-bond acceptors (Lipinski definition) is 3. The van der Waals surface area contributed by atoms with Crippen LogP contribution in [0.5, 0.6) is 0 Å². The highest BCUT2D eigenvalue weighted by Crippen LogP contribution is 2.10. The molecule has 0 aromatic rings. The quantitative estimate of drug-likeness (QED) is 0.717. The van der Waals surface area contributed by atoms with Gasteiger partial charge in [-0.1, -0.05) is 13.3 Å². The Morgan fingerprint density at radius 3 is 2.36 bits per heavy atom. The van der Waals surface area contributed by atoms with E-state index in [4.69, 9.17) is 5.11 Å². The van der Waals surface area contributed by atoms with Gasteiger partial charge in [0.15, 0.2) is 0 Å². The van der Waals surface area contributed by atoms with Crippen molar-refractivity contribution in [2.24, 2.45) is 0 Å². The van der Waals surface area contributed by atoms with Crippen molar-refractivity contribution < 1.29 is 9.90 Å². The van der Waals surface area contributed by atoms with E-state index >= 15 is 0 Å². The lowest BCUT2D eigenvalue weighted by Gasteiger charge is -2.35. The van der Waals surface area contributed by atoms with Crippen LogP contribution in [-0.2, 0) is 4.79 Å². The lowest BCUT2D eigenvalue weighted by molar-refractivity contribution is -0.144. The fourth-order valence-electron chi connectivity index (χ4n) is 1.87. The van der Waals surface area contributed by atoms with Crippen LogP contribution in [0.3, 0.4) is 0 Å². The summed E-state index contributed by atoms with van der Waals surface area (Å²) >= 11 is 0. The maximum atomic E-state index is 11.0. The van der Waals surface area contributed by atoms with Gasteiger partial charge in [-0.2, -0.15) is 0 Å². The van der Waals surface area contributed by atoms with Gasteiger partial charge in [-0.25, -0.2) is 0 Å². The zero-order valence-corrected chi connectivity index (χ0v) is 9.07. The fourth-order valence-corrected chi connectivity index (χ4v) is 1.87. The number of aliphatic carboxylic acids is 1. The van der Waals surface area contributed by atoms with E-state index in [2.05, 4.69) is 16.8 Å². The third-order valence-corrected chi connectivity index (χ3v) is 2.83. The number of carbonyl (C=O) groups is 1. The zero-order valence-electron chi connectivity index (χ0n) is 9.07. The van der Waals surface area contributed by atoms with Crippen LogP contribution in [0.2, 0.25) is 0 Å². The molecule has 1 aliphatic heterocycles. The van der Waals surface area contributed by atoms with Gasteiger partial charge in [-0.05, 0) is 13.5 Å². The number of rotatable bonds is 4. The molecule has 0 bridgehead atoms. The van der Waals surface area contributed by atoms with E-state index in [1.165, 1.54) is 0 Å². The van der Waals surface area contributed by atoms with E-state index in [9.17, 15) is 4.79 Å². The number of hydrogen-bond donors (Lipinski definition) is 1. The zero-order chi connectivity index (χ0) is 10.6. The van der Waals surface area contributed by atoms with Crippen LogP contribution >= 0.6 is 0 Å². The molecular weight excluding hydrogens is 180 g/mol. The molecule has 1 saturated heterocycles. The molecule has 14 heavy (non-hydrogen) atoms. The summed E-state index contributed by atoms with van der Waals surface area (Å²) in [6, 6.07) is -0.270. The van der Waals surface area contributed by atoms with E-state index in [1.54, 1.807) is 0 Å². The topological polar surface area (TPSA) is 43.8 Å². The number of likely N-dealkylation sites (N-methyl/N-ethyl adjacent to an activating group) is 1. The summed E-state index contributed by atoms with van der Waals surface area (Å²) in [5.74, 6) is -0.670. The Morgan fingerprint density at radius 2 is 1.93 bits per heavy atom. The molecule has 4 heteroatoms. The molecule has 0 amide bonds. The van der Waals surface area contributed by atoms with Crippen LogP contribution < -0.4 is 0 Å². The summed E-state index contributed by atoms with van der Waals surface area (Å²) in [5.41, 5.74) is 0. The van der Waals surface area contributed by atoms with Gasteiger partial charge in [-0.3, -0.25) is 9.69 Å². The summed E-state index contributed by atoms with van der Waals surface area (Å²) in [7, 11) is 2.08. The Kier molecular flexibility index (Phi) is 4.35. The van der Waals surface area contributed by atoms with Crippen molar-refractivity contribution in [2.75, 3.05) is 33.2 Å². The minimum absolute atomic E-state index is 0.270. The van der Waals surface area contributed by atoms with Gasteiger partial charge < -0.3 is 10.0 Å². The highest BCUT2D eigenvalue weighted by molar-refractivity contribution is 5.73. The molecule has 4 nitrogen and oxygen atoms in total. The van der Waals surface area contributed by atoms with Crippen molar-refractivity contribution >= 4 is 5.97 Å². The van der Waals surface area contributed by atoms with E-state index in [-0.39, 0.29) is 6.04 Å². The van der Waals surface area contributed by atoms with Crippen LogP contribution in [0, 0.1) is 0 Å². The summed E-state index contributed by atoms with van der Waals surface area (Å²) in [6.07, 6.45) is 1.70. The van der Waals surface area contributed by atoms with Crippen LogP contribution in [0.15, 0.2) is 0 Å². The minimum atomic E-state index is -0.670. The molecule has 82 valence electrons. The molecule has 1 fully saturated rings. The maximum Gasteiger partial charge on any atom is 0.320 e. The van der Waals surface area contributed by atoms with Crippen molar-refractivity contribution in [3.05, 3.63) is 0 Å². The number of piperazine rings is 1. The van der Waals surface area contributed by atoms with E-state index in [0.717, 1.165) is 39.0 Å². The fraction of sp³-hybridized carbons (Fsp3) is 0.900. The summed E-state index contributed by atoms with van der Waals surface area (Å²) in [6.45, 7) is 5.76. The van der Waals surface area contributed by atoms with Crippen LogP contribution in [0.25, 0.3) is 0 Å². The molecule has 0 aromatic carbocycles. The number of carboxylic acids is 1. The van der Waals surface area contributed by atoms with Crippen molar-refractivity contribution in [1.29, 1.82) is 0 Å². The smallest absolute Gasteiger partial charge is 0.320 e. The molecule has 0 radical (unpaired) electrons. The van der Waals surface area contributed by atoms with Crippen LogP contribution in [-0.4, -0.2) is 60.1 Å². The van der Waals surface area contributed by atoms with Gasteiger partial charge >= 0.3 is 5.97 Å². The summed E-state index contributed by atoms with van der Waals surface area (Å²) < 4.78 is 0. The predicted molar refractivity (Wildman–Crippen MR) is 55.4 cm³/mol. The van der Waals surface area contributed by atoms with Crippen LogP contribution in [0.1, 0.15) is 19.8 Å². The van der Waals surface area contributed by atoms with Crippen molar-refractivity contribution in [1.82, 2.24) is 9.80 Å². The molecule has 1 rings (SSSR count). The Balaban J connectivity index is 2.47. The Morgan fingerprint density at radius 1 is 1.36 bits per heavy atom. The van der Waals surface area contributed by atoms with Gasteiger partial charge in [0.05, 0.1) is 0 Å². The largest absolute Gasteiger partial charge is 0.480 e. The Hall–Kier alpha value is -0.610. The molecule has 0 aromatic heterocycles. The Bertz CT molecular complexity index is 189. The first-order valence-electron chi connectivity index (χ1n) is 5.30. The molecule has 1 N–H and O–H groups in total. The first-order valence-corrected chi connectivity index (χ1v) is 5.30. The van der Waals surface area contributed by atoms with E-state index in [1.807, 2.05) is 6.92 Å². The van der Waals surface area contributed by atoms with Crippen molar-refractivity contribution in [3.63, 3.8) is 0 Å². The highest BCUT2D eigenvalue weighted by Gasteiger charge is 2.26. The molecular formula is C10H20N2O2. The normalized spacial score (nSPS) is 22.1. The third kappa shape index (κ3) is 2.96. The second kappa shape index (κ2) is 5.32. The van der Waals surface area contributed by atoms with Gasteiger partial charge in [0.1, 0.15) is 6.04 Å². The standard InChI is InChI=1S/C10H20N2O2/c1-3-4-9(10(13)14)12-7-5-11(2)6-8-12/h9H,3-8H2,1-2H3,(H,13,14)/t9-/m0/s1. The predicted octanol–water partition coefficient (Wildman–Crippen LogP) is 0.487. The third-order valence-electron chi connectivity index (χ3n) is 2.83. The lowest BCUT2D eigenvalue weighted by Crippen LogP contribution is -2.51. The number of carboxylic acid groups (broad SMARTS) is 1. The van der Waals surface area contributed by atoms with Gasteiger partial charge in [0.2, 0.25) is 0 Å². The average molecular weight is 200 g/mol. The highest BCUT2D eigenvalue weighted by atomic mass is 16.4. The van der Waals surface area contributed by atoms with Gasteiger partial charge in [0, 0.05) is 26.2 Å². The molecule has 0 spiro atoms. The second-order valence-electron chi connectivity index (χ2n) is 3.98. The maximum absolute atomic E-state index is 11.0. The summed E-state index contributed by atoms with van der Waals surface area (Å²) in [5, 5.41) is 9.07. The minimum Gasteiger partial charge on any atom is -0.480 e. The number of nitrogens with zero attached hydrogens (tertiary/aromatic N) is 2. The second-order valence-corrected chi connectivity index (χ2v) is 3.98. The van der Waals surface area contributed by atoms with Gasteiger partial charge in [0.25, 0.3) is 0 Å². The van der Waals surface area contributed by atoms with E-state index < -0.39 is 5.97 Å². The van der Waals surface area contributed by atoms with Crippen LogP contribution in [0.4, 0.5) is 0 Å². The molecule has 0 saturated carbocycles. The molecule has 0 aliphatic carbocycles. The molecule has 1 atom stereocenters. The average Bonchev–Trinajstić information content (AvgIpc) is 2.15. The lowest BCUT2D eigenvalue weighted by atomic mass is 10.1. The SMILES string of the molecule is CCC[C@@H](C(=O)O)N1CCN(C)CC1. The van der Waals surface area contributed by atoms with Crippen molar-refractivity contribution in [2.45, 2.75) is 25.8 Å². The van der Waals surface area contributed by atoms with Gasteiger partial charge in [-0.15, -0.1) is 0 Å². The monoisotopic (exact) mass is 200 g/mol. The molecule has 1 heterocycles. The summed E-state index contributed by atoms with van der Waals surface area (Å²) in [4.78, 5) is 15.3. The van der Waals surface area contributed by atoms with E-state index in [0.29, 0.717) is 0 Å². The first-order chi connectivity index (χ1) is 6.65. The Labute approximate surface area is 85.5 Å². The molecule has 0 unspecified atom stereocenters.